The van der Waals surface area contributed by atoms with E-state index in [1.165, 1.54) is 95.5 Å². The minimum atomic E-state index is -0.0774. The SMILES string of the molecule is CC.CC.CCC(C)c1ccc2c(c1)C(C)(C)c1cc(N(c3ccccc3)c3ccccc3)c3ccccc3c1-2.Cc1ccc2c(c1)C(C)Cc1ccccc1-2.Cc1ccccc1. The molecule has 0 fully saturated rings. The van der Waals surface area contributed by atoms with Crippen molar-refractivity contribution < 1.29 is 0 Å². The van der Waals surface area contributed by atoms with Crippen molar-refractivity contribution in [1.82, 2.24) is 0 Å². The Morgan fingerprint density at radius 2 is 1.08 bits per heavy atom. The lowest BCUT2D eigenvalue weighted by atomic mass is 9.79. The van der Waals surface area contributed by atoms with Crippen molar-refractivity contribution in [3.8, 4) is 22.3 Å². The molecule has 2 atom stereocenters. The van der Waals surface area contributed by atoms with E-state index in [0.717, 1.165) is 6.42 Å². The molecule has 0 bridgehead atoms. The summed E-state index contributed by atoms with van der Waals surface area (Å²) < 4.78 is 0. The zero-order valence-electron chi connectivity index (χ0n) is 39.8. The number of fused-ring (bicyclic) bond motifs is 8. The summed E-state index contributed by atoms with van der Waals surface area (Å²) in [5.74, 6) is 1.21. The highest BCUT2D eigenvalue weighted by atomic mass is 15.1. The predicted octanol–water partition coefficient (Wildman–Crippen LogP) is 18.5. The minimum absolute atomic E-state index is 0.0774. The fourth-order valence-electron chi connectivity index (χ4n) is 9.16. The quantitative estimate of drug-likeness (QED) is 0.167. The van der Waals surface area contributed by atoms with Crippen LogP contribution in [-0.4, -0.2) is 0 Å². The van der Waals surface area contributed by atoms with Gasteiger partial charge in [-0.15, -0.1) is 0 Å². The van der Waals surface area contributed by atoms with E-state index in [1.54, 1.807) is 0 Å². The molecule has 0 aromatic heterocycles. The second kappa shape index (κ2) is 21.3. The second-order valence-corrected chi connectivity index (χ2v) is 17.1. The summed E-state index contributed by atoms with van der Waals surface area (Å²) in [5.41, 5.74) is 19.1. The Kier molecular flexibility index (Phi) is 15.6. The molecule has 322 valence electrons. The van der Waals surface area contributed by atoms with E-state index in [9.17, 15) is 0 Å². The molecule has 2 aliphatic carbocycles. The number of benzene rings is 8. The zero-order chi connectivity index (χ0) is 45.1. The third kappa shape index (κ3) is 9.90. The van der Waals surface area contributed by atoms with E-state index in [0.29, 0.717) is 11.8 Å². The van der Waals surface area contributed by atoms with Crippen LogP contribution < -0.4 is 4.90 Å². The lowest BCUT2D eigenvalue weighted by Gasteiger charge is -2.29. The third-order valence-electron chi connectivity index (χ3n) is 12.6. The third-order valence-corrected chi connectivity index (χ3v) is 12.6. The van der Waals surface area contributed by atoms with Crippen molar-refractivity contribution in [2.75, 3.05) is 4.90 Å². The summed E-state index contributed by atoms with van der Waals surface area (Å²) in [5, 5.41) is 2.60. The lowest BCUT2D eigenvalue weighted by Crippen LogP contribution is -2.17. The molecule has 1 nitrogen and oxygen atoms in total. The highest BCUT2D eigenvalue weighted by molar-refractivity contribution is 6.10. The first-order valence-electron chi connectivity index (χ1n) is 23.5. The Morgan fingerprint density at radius 1 is 0.540 bits per heavy atom. The molecule has 63 heavy (non-hydrogen) atoms. The molecule has 0 saturated carbocycles. The molecular formula is C62H69N. The van der Waals surface area contributed by atoms with Crippen molar-refractivity contribution in [3.05, 3.63) is 221 Å². The monoisotopic (exact) mass is 828 g/mol. The topological polar surface area (TPSA) is 3.24 Å². The molecule has 2 aliphatic rings. The Bertz CT molecular complexity index is 2650. The van der Waals surface area contributed by atoms with Crippen LogP contribution in [0.4, 0.5) is 17.1 Å². The first-order valence-corrected chi connectivity index (χ1v) is 23.5. The van der Waals surface area contributed by atoms with Crippen LogP contribution in [-0.2, 0) is 11.8 Å². The average molecular weight is 828 g/mol. The van der Waals surface area contributed by atoms with E-state index in [2.05, 4.69) is 217 Å². The first kappa shape index (κ1) is 46.3. The smallest absolute Gasteiger partial charge is 0.0543 e. The maximum atomic E-state index is 2.48. The summed E-state index contributed by atoms with van der Waals surface area (Å²) >= 11 is 0. The molecule has 0 N–H and O–H groups in total. The van der Waals surface area contributed by atoms with E-state index >= 15 is 0 Å². The fraction of sp³-hybridized carbons (Fsp3) is 0.258. The van der Waals surface area contributed by atoms with Gasteiger partial charge in [-0.3, -0.25) is 0 Å². The van der Waals surface area contributed by atoms with Gasteiger partial charge in [-0.25, -0.2) is 0 Å². The lowest BCUT2D eigenvalue weighted by molar-refractivity contribution is 0.655. The Hall–Kier alpha value is -6.18. The molecule has 0 spiro atoms. The highest BCUT2D eigenvalue weighted by Crippen LogP contribution is 2.55. The van der Waals surface area contributed by atoms with Crippen molar-refractivity contribution in [2.45, 2.75) is 106 Å². The molecule has 0 saturated heterocycles. The second-order valence-electron chi connectivity index (χ2n) is 17.1. The minimum Gasteiger partial charge on any atom is -0.310 e. The fourth-order valence-corrected chi connectivity index (χ4v) is 9.16. The molecule has 0 amide bonds. The maximum absolute atomic E-state index is 2.48. The van der Waals surface area contributed by atoms with E-state index in [1.807, 2.05) is 45.9 Å². The van der Waals surface area contributed by atoms with Crippen molar-refractivity contribution in [3.63, 3.8) is 0 Å². The maximum Gasteiger partial charge on any atom is 0.0543 e. The van der Waals surface area contributed by atoms with Crippen LogP contribution in [0.3, 0.4) is 0 Å². The number of rotatable bonds is 5. The van der Waals surface area contributed by atoms with Crippen LogP contribution in [0.25, 0.3) is 33.0 Å². The Morgan fingerprint density at radius 3 is 1.67 bits per heavy atom. The first-order chi connectivity index (χ1) is 30.7. The highest BCUT2D eigenvalue weighted by Gasteiger charge is 2.38. The summed E-state index contributed by atoms with van der Waals surface area (Å²) in [7, 11) is 0. The molecule has 1 heteroatoms. The summed E-state index contributed by atoms with van der Waals surface area (Å²) in [6.45, 7) is 24.0. The zero-order valence-corrected chi connectivity index (χ0v) is 39.8. The van der Waals surface area contributed by atoms with Gasteiger partial charge in [0.2, 0.25) is 0 Å². The van der Waals surface area contributed by atoms with E-state index < -0.39 is 0 Å². The molecular weight excluding hydrogens is 759 g/mol. The average Bonchev–Trinajstić information content (AvgIpc) is 3.56. The molecule has 8 aromatic rings. The number of aryl methyl sites for hydroxylation is 2. The van der Waals surface area contributed by atoms with Gasteiger partial charge in [-0.2, -0.15) is 0 Å². The molecule has 10 rings (SSSR count). The van der Waals surface area contributed by atoms with Crippen LogP contribution in [0.5, 0.6) is 0 Å². The van der Waals surface area contributed by atoms with Gasteiger partial charge in [-0.05, 0) is 124 Å². The van der Waals surface area contributed by atoms with Gasteiger partial charge < -0.3 is 4.90 Å². The number of nitrogens with zero attached hydrogens (tertiary/aromatic N) is 1. The van der Waals surface area contributed by atoms with Gasteiger partial charge in [0.05, 0.1) is 5.69 Å². The van der Waals surface area contributed by atoms with Crippen molar-refractivity contribution in [1.29, 1.82) is 0 Å². The molecule has 8 aromatic carbocycles. The van der Waals surface area contributed by atoms with E-state index in [-0.39, 0.29) is 5.41 Å². The van der Waals surface area contributed by atoms with Gasteiger partial charge in [0, 0.05) is 22.2 Å². The Balaban J connectivity index is 0.000000200. The number of hydrogen-bond donors (Lipinski definition) is 0. The van der Waals surface area contributed by atoms with Crippen LogP contribution in [0.2, 0.25) is 0 Å². The van der Waals surface area contributed by atoms with Crippen LogP contribution in [0, 0.1) is 13.8 Å². The van der Waals surface area contributed by atoms with E-state index in [4.69, 9.17) is 0 Å². The van der Waals surface area contributed by atoms with Gasteiger partial charge in [0.25, 0.3) is 0 Å². The molecule has 0 aliphatic heterocycles. The molecule has 2 unspecified atom stereocenters. The number of para-hydroxylation sites is 2. The normalized spacial score (nSPS) is 13.9. The molecule has 0 radical (unpaired) electrons. The van der Waals surface area contributed by atoms with Gasteiger partial charge in [0.15, 0.2) is 0 Å². The summed E-state index contributed by atoms with van der Waals surface area (Å²) in [6.07, 6.45) is 2.33. The van der Waals surface area contributed by atoms with Crippen molar-refractivity contribution in [2.24, 2.45) is 0 Å². The number of anilines is 3. The molecule has 0 heterocycles. The van der Waals surface area contributed by atoms with Crippen molar-refractivity contribution >= 4 is 27.8 Å². The van der Waals surface area contributed by atoms with Crippen LogP contribution >= 0.6 is 0 Å². The largest absolute Gasteiger partial charge is 0.310 e. The predicted molar refractivity (Wildman–Crippen MR) is 278 cm³/mol. The van der Waals surface area contributed by atoms with Gasteiger partial charge in [0.1, 0.15) is 0 Å². The summed E-state index contributed by atoms with van der Waals surface area (Å²) in [6, 6.07) is 65.9. The van der Waals surface area contributed by atoms with Gasteiger partial charge in [-0.1, -0.05) is 225 Å². The van der Waals surface area contributed by atoms with Gasteiger partial charge >= 0.3 is 0 Å². The summed E-state index contributed by atoms with van der Waals surface area (Å²) in [4.78, 5) is 2.41. The standard InChI is InChI=1S/C35H33N.C16H16.C7H8.2C2H6/c1-5-24(2)25-20-21-30-31(22-25)35(3,4)32-23-33(28-18-12-13-19-29(28)34(30)32)36(26-14-8-6-9-15-26)27-16-10-7-11-17-27;1-11-7-8-15-14-6-4-3-5-13(14)10-12(2)16(15)9-11;1-7-5-3-2-4-6-7;2*1-2/h6-24H,5H2,1-4H3;3-9,12H,10H2,1-2H3;2-6H,1H3;2*1-2H3. The van der Waals surface area contributed by atoms with Crippen LogP contribution in [0.15, 0.2) is 182 Å². The Labute approximate surface area is 380 Å². The van der Waals surface area contributed by atoms with Crippen LogP contribution in [0.1, 0.15) is 120 Å². The number of hydrogen-bond acceptors (Lipinski definition) is 1.